The maximum absolute atomic E-state index is 12.6. The van der Waals surface area contributed by atoms with Gasteiger partial charge in [0.2, 0.25) is 0 Å². The summed E-state index contributed by atoms with van der Waals surface area (Å²) in [5, 5.41) is 5.18. The Morgan fingerprint density at radius 3 is 2.12 bits per heavy atom. The molecule has 0 spiro atoms. The fourth-order valence-corrected chi connectivity index (χ4v) is 3.74. The second-order valence-electron chi connectivity index (χ2n) is 6.00. The third kappa shape index (κ3) is 3.63. The number of carbonyl (C=O) groups excluding carboxylic acids is 1. The van der Waals surface area contributed by atoms with E-state index >= 15 is 0 Å². The lowest BCUT2D eigenvalue weighted by Crippen LogP contribution is -2.47. The average molecular weight is 405 g/mol. The van der Waals surface area contributed by atoms with Crippen molar-refractivity contribution in [3.63, 3.8) is 0 Å². The first-order valence-electron chi connectivity index (χ1n) is 8.27. The Labute approximate surface area is 168 Å². The molecule has 6 heteroatoms. The van der Waals surface area contributed by atoms with Gasteiger partial charge in [-0.15, -0.1) is 0 Å². The highest BCUT2D eigenvalue weighted by Gasteiger charge is 2.34. The molecule has 26 heavy (non-hydrogen) atoms. The molecule has 3 nitrogen and oxygen atoms in total. The summed E-state index contributed by atoms with van der Waals surface area (Å²) >= 11 is 17.6. The standard InChI is InChI=1S/C20H18Cl2N2OS/c1-3-24-19(14-6-10-16(22)11-7-14)17(12(2)25)18(23-20(24)26)13-4-8-15(21)9-5-13/h4-11,18H,3H2,1-2H3,(H,23,26). The van der Waals surface area contributed by atoms with E-state index in [9.17, 15) is 4.79 Å². The predicted molar refractivity (Wildman–Crippen MR) is 111 cm³/mol. The van der Waals surface area contributed by atoms with Gasteiger partial charge >= 0.3 is 0 Å². The van der Waals surface area contributed by atoms with Crippen LogP contribution in [0, 0.1) is 0 Å². The van der Waals surface area contributed by atoms with Crippen LogP contribution in [-0.4, -0.2) is 22.3 Å². The number of halogens is 2. The monoisotopic (exact) mass is 404 g/mol. The quantitative estimate of drug-likeness (QED) is 0.705. The number of hydrogen-bond donors (Lipinski definition) is 1. The SMILES string of the molecule is CCN1C(=S)NC(c2ccc(Cl)cc2)C(C(C)=O)=C1c1ccc(Cl)cc1. The molecule has 0 aromatic heterocycles. The van der Waals surface area contributed by atoms with Crippen LogP contribution in [0.25, 0.3) is 5.70 Å². The highest BCUT2D eigenvalue weighted by atomic mass is 35.5. The summed E-state index contributed by atoms with van der Waals surface area (Å²) in [4.78, 5) is 14.6. The molecule has 0 saturated carbocycles. The van der Waals surface area contributed by atoms with E-state index in [1.807, 2.05) is 60.4 Å². The van der Waals surface area contributed by atoms with Crippen LogP contribution >= 0.6 is 35.4 Å². The number of carbonyl (C=O) groups is 1. The molecule has 0 aliphatic carbocycles. The molecule has 3 rings (SSSR count). The molecule has 1 heterocycles. The van der Waals surface area contributed by atoms with E-state index in [-0.39, 0.29) is 11.8 Å². The molecule has 0 fully saturated rings. The molecule has 1 aliphatic rings. The summed E-state index contributed by atoms with van der Waals surface area (Å²) in [5.74, 6) is -0.0108. The number of hydrogen-bond acceptors (Lipinski definition) is 2. The number of rotatable bonds is 4. The predicted octanol–water partition coefficient (Wildman–Crippen LogP) is 5.24. The van der Waals surface area contributed by atoms with Crippen molar-refractivity contribution in [2.75, 3.05) is 6.54 Å². The summed E-state index contributed by atoms with van der Waals surface area (Å²) in [6, 6.07) is 14.6. The molecule has 0 saturated heterocycles. The van der Waals surface area contributed by atoms with Crippen molar-refractivity contribution in [3.05, 3.63) is 75.3 Å². The molecular formula is C20H18Cl2N2OS. The first kappa shape index (κ1) is 18.9. The van der Waals surface area contributed by atoms with Crippen LogP contribution in [0.2, 0.25) is 10.0 Å². The molecule has 0 amide bonds. The molecule has 1 atom stereocenters. The molecule has 134 valence electrons. The summed E-state index contributed by atoms with van der Waals surface area (Å²) in [5.41, 5.74) is 3.33. The van der Waals surface area contributed by atoms with Crippen molar-refractivity contribution in [2.45, 2.75) is 19.9 Å². The Balaban J connectivity index is 2.24. The van der Waals surface area contributed by atoms with Gasteiger partial charge in [0.05, 0.1) is 11.7 Å². The molecule has 1 N–H and O–H groups in total. The van der Waals surface area contributed by atoms with E-state index in [4.69, 9.17) is 35.4 Å². The second kappa shape index (κ2) is 7.78. The van der Waals surface area contributed by atoms with Gasteiger partial charge in [0.25, 0.3) is 0 Å². The third-order valence-electron chi connectivity index (χ3n) is 4.34. The normalized spacial score (nSPS) is 17.3. The lowest BCUT2D eigenvalue weighted by atomic mass is 9.90. The minimum Gasteiger partial charge on any atom is -0.351 e. The number of ketones is 1. The highest BCUT2D eigenvalue weighted by Crippen LogP contribution is 2.36. The maximum Gasteiger partial charge on any atom is 0.174 e. The van der Waals surface area contributed by atoms with Gasteiger partial charge in [0.15, 0.2) is 10.9 Å². The molecule has 2 aromatic carbocycles. The van der Waals surface area contributed by atoms with Crippen LogP contribution in [0.1, 0.15) is 31.0 Å². The molecule has 0 radical (unpaired) electrons. The van der Waals surface area contributed by atoms with Crippen molar-refractivity contribution in [3.8, 4) is 0 Å². The van der Waals surface area contributed by atoms with Gasteiger partial charge < -0.3 is 10.2 Å². The second-order valence-corrected chi connectivity index (χ2v) is 7.26. The smallest absolute Gasteiger partial charge is 0.174 e. The summed E-state index contributed by atoms with van der Waals surface area (Å²) in [7, 11) is 0. The molecule has 2 aromatic rings. The lowest BCUT2D eigenvalue weighted by Gasteiger charge is -2.38. The van der Waals surface area contributed by atoms with E-state index in [1.165, 1.54) is 0 Å². The topological polar surface area (TPSA) is 32.3 Å². The number of nitrogens with zero attached hydrogens (tertiary/aromatic N) is 1. The van der Waals surface area contributed by atoms with E-state index in [1.54, 1.807) is 6.92 Å². The van der Waals surface area contributed by atoms with Crippen LogP contribution in [0.3, 0.4) is 0 Å². The van der Waals surface area contributed by atoms with Gasteiger partial charge in [-0.05, 0) is 61.5 Å². The zero-order valence-corrected chi connectivity index (χ0v) is 16.8. The van der Waals surface area contributed by atoms with E-state index < -0.39 is 0 Å². The van der Waals surface area contributed by atoms with E-state index in [0.29, 0.717) is 27.3 Å². The van der Waals surface area contributed by atoms with Crippen molar-refractivity contribution < 1.29 is 4.79 Å². The first-order valence-corrected chi connectivity index (χ1v) is 9.43. The highest BCUT2D eigenvalue weighted by molar-refractivity contribution is 7.80. The number of benzene rings is 2. The fourth-order valence-electron chi connectivity index (χ4n) is 3.15. The van der Waals surface area contributed by atoms with Crippen LogP contribution in [0.15, 0.2) is 54.1 Å². The van der Waals surface area contributed by atoms with Crippen LogP contribution in [0.5, 0.6) is 0 Å². The first-order chi connectivity index (χ1) is 12.4. The third-order valence-corrected chi connectivity index (χ3v) is 5.19. The molecule has 1 aliphatic heterocycles. The van der Waals surface area contributed by atoms with Gasteiger partial charge in [-0.2, -0.15) is 0 Å². The summed E-state index contributed by atoms with van der Waals surface area (Å²) < 4.78 is 0. The number of thiocarbonyl (C=S) groups is 1. The molecular weight excluding hydrogens is 387 g/mol. The van der Waals surface area contributed by atoms with Gasteiger partial charge in [-0.3, -0.25) is 4.79 Å². The number of Topliss-reactive ketones (excluding diaryl/α,β-unsaturated/α-hetero) is 1. The van der Waals surface area contributed by atoms with E-state index in [0.717, 1.165) is 16.8 Å². The van der Waals surface area contributed by atoms with Crippen molar-refractivity contribution in [1.29, 1.82) is 0 Å². The lowest BCUT2D eigenvalue weighted by molar-refractivity contribution is -0.113. The van der Waals surface area contributed by atoms with Crippen molar-refractivity contribution in [1.82, 2.24) is 10.2 Å². The Morgan fingerprint density at radius 1 is 1.08 bits per heavy atom. The number of nitrogens with one attached hydrogen (secondary N) is 1. The van der Waals surface area contributed by atoms with E-state index in [2.05, 4.69) is 5.32 Å². The van der Waals surface area contributed by atoms with Gasteiger partial charge in [-0.25, -0.2) is 0 Å². The van der Waals surface area contributed by atoms with Crippen LogP contribution in [-0.2, 0) is 4.79 Å². The zero-order chi connectivity index (χ0) is 18.8. The van der Waals surface area contributed by atoms with Crippen molar-refractivity contribution >= 4 is 52.0 Å². The largest absolute Gasteiger partial charge is 0.351 e. The van der Waals surface area contributed by atoms with Gasteiger partial charge in [0.1, 0.15) is 0 Å². The minimum absolute atomic E-state index is 0.0108. The average Bonchev–Trinajstić information content (AvgIpc) is 2.62. The Morgan fingerprint density at radius 2 is 1.62 bits per heavy atom. The zero-order valence-electron chi connectivity index (χ0n) is 14.4. The minimum atomic E-state index is -0.328. The fraction of sp³-hybridized carbons (Fsp3) is 0.200. The maximum atomic E-state index is 12.6. The Hall–Kier alpha value is -1.88. The molecule has 1 unspecified atom stereocenters. The van der Waals surface area contributed by atoms with Gasteiger partial charge in [0, 0.05) is 22.2 Å². The van der Waals surface area contributed by atoms with Crippen molar-refractivity contribution in [2.24, 2.45) is 0 Å². The van der Waals surface area contributed by atoms with Gasteiger partial charge in [-0.1, -0.05) is 47.5 Å². The Bertz CT molecular complexity index is 876. The van der Waals surface area contributed by atoms with Crippen LogP contribution in [0.4, 0.5) is 0 Å². The summed E-state index contributed by atoms with van der Waals surface area (Å²) in [6.07, 6.45) is 0. The Kier molecular flexibility index (Phi) is 5.66. The molecule has 0 bridgehead atoms. The van der Waals surface area contributed by atoms with Crippen LogP contribution < -0.4 is 5.32 Å². The summed E-state index contributed by atoms with van der Waals surface area (Å²) in [6.45, 7) is 4.23.